The molecule has 0 rings (SSSR count). The van der Waals surface area contributed by atoms with Gasteiger partial charge in [0, 0.05) is 19.3 Å². The largest absolute Gasteiger partial charge is 0.462 e. The van der Waals surface area contributed by atoms with Crippen molar-refractivity contribution in [2.45, 2.75) is 374 Å². The van der Waals surface area contributed by atoms with Gasteiger partial charge in [-0.3, -0.25) is 14.4 Å². The molecule has 0 saturated carbocycles. The van der Waals surface area contributed by atoms with Gasteiger partial charge in [0.1, 0.15) is 13.2 Å². The maximum absolute atomic E-state index is 12.9. The van der Waals surface area contributed by atoms with Gasteiger partial charge in [-0.25, -0.2) is 0 Å². The predicted molar refractivity (Wildman–Crippen MR) is 316 cm³/mol. The van der Waals surface area contributed by atoms with Crippen LogP contribution in [0.4, 0.5) is 0 Å². The zero-order valence-electron chi connectivity index (χ0n) is 49.4. The van der Waals surface area contributed by atoms with E-state index in [9.17, 15) is 14.4 Å². The average Bonchev–Trinajstić information content (AvgIpc) is 3.39. The number of esters is 3. The van der Waals surface area contributed by atoms with Gasteiger partial charge in [-0.2, -0.15) is 0 Å². The SMILES string of the molecule is CCCCCCCCC/C=C\CCCCCCCCCC(=O)OC(COC(=O)CCCCCCCCCCCC)COC(=O)CCCCCCCCCCCCCCCCC/C=C\CCCCCCCCCC. The summed E-state index contributed by atoms with van der Waals surface area (Å²) in [6.45, 7) is 6.68. The van der Waals surface area contributed by atoms with Crippen molar-refractivity contribution in [1.29, 1.82) is 0 Å². The van der Waals surface area contributed by atoms with Gasteiger partial charge in [-0.1, -0.05) is 302 Å². The van der Waals surface area contributed by atoms with E-state index in [-0.39, 0.29) is 31.1 Å². The van der Waals surface area contributed by atoms with Crippen LogP contribution in [0.1, 0.15) is 367 Å². The fourth-order valence-electron chi connectivity index (χ4n) is 9.97. The Balaban J connectivity index is 4.15. The highest BCUT2D eigenvalue weighted by Crippen LogP contribution is 2.18. The molecule has 0 aromatic carbocycles. The Hall–Kier alpha value is -2.11. The number of ether oxygens (including phenoxy) is 3. The number of carbonyl (C=O) groups excluding carboxylic acids is 3. The van der Waals surface area contributed by atoms with Gasteiger partial charge in [0.15, 0.2) is 6.10 Å². The summed E-state index contributed by atoms with van der Waals surface area (Å²) in [6.07, 6.45) is 74.9. The topological polar surface area (TPSA) is 78.9 Å². The van der Waals surface area contributed by atoms with Crippen LogP contribution < -0.4 is 0 Å². The van der Waals surface area contributed by atoms with Crippen LogP contribution in [0.3, 0.4) is 0 Å². The minimum absolute atomic E-state index is 0.0677. The summed E-state index contributed by atoms with van der Waals surface area (Å²) in [4.78, 5) is 38.2. The number of hydrogen-bond acceptors (Lipinski definition) is 6. The molecule has 0 radical (unpaired) electrons. The Morgan fingerprint density at radius 3 is 0.685 bits per heavy atom. The van der Waals surface area contributed by atoms with E-state index in [4.69, 9.17) is 14.2 Å². The predicted octanol–water partition coefficient (Wildman–Crippen LogP) is 22.2. The molecular weight excluding hydrogens is 901 g/mol. The average molecular weight is 1030 g/mol. The molecule has 0 fully saturated rings. The maximum atomic E-state index is 12.9. The van der Waals surface area contributed by atoms with Gasteiger partial charge in [-0.15, -0.1) is 0 Å². The summed E-state index contributed by atoms with van der Waals surface area (Å²) in [5.41, 5.74) is 0. The summed E-state index contributed by atoms with van der Waals surface area (Å²) in [7, 11) is 0. The van der Waals surface area contributed by atoms with Gasteiger partial charge >= 0.3 is 17.9 Å². The quantitative estimate of drug-likeness (QED) is 0.0261. The van der Waals surface area contributed by atoms with Crippen molar-refractivity contribution in [2.24, 2.45) is 0 Å². The minimum Gasteiger partial charge on any atom is -0.462 e. The molecule has 1 unspecified atom stereocenters. The lowest BCUT2D eigenvalue weighted by Crippen LogP contribution is -2.30. The van der Waals surface area contributed by atoms with Crippen LogP contribution in [-0.4, -0.2) is 37.2 Å². The lowest BCUT2D eigenvalue weighted by atomic mass is 10.0. The third-order valence-corrected chi connectivity index (χ3v) is 14.9. The van der Waals surface area contributed by atoms with Gasteiger partial charge in [0.2, 0.25) is 0 Å². The van der Waals surface area contributed by atoms with E-state index in [0.717, 1.165) is 57.8 Å². The molecule has 0 aromatic heterocycles. The molecule has 0 spiro atoms. The van der Waals surface area contributed by atoms with Crippen LogP contribution in [0.25, 0.3) is 0 Å². The molecule has 0 aromatic rings. The number of allylic oxidation sites excluding steroid dienone is 4. The van der Waals surface area contributed by atoms with Gasteiger partial charge in [0.25, 0.3) is 0 Å². The van der Waals surface area contributed by atoms with Crippen molar-refractivity contribution in [2.75, 3.05) is 13.2 Å². The first-order chi connectivity index (χ1) is 36.0. The van der Waals surface area contributed by atoms with Crippen molar-refractivity contribution >= 4 is 17.9 Å². The highest BCUT2D eigenvalue weighted by atomic mass is 16.6. The van der Waals surface area contributed by atoms with Crippen LogP contribution in [0.15, 0.2) is 24.3 Å². The first kappa shape index (κ1) is 70.9. The van der Waals surface area contributed by atoms with Crippen molar-refractivity contribution < 1.29 is 28.6 Å². The zero-order chi connectivity index (χ0) is 52.9. The lowest BCUT2D eigenvalue weighted by molar-refractivity contribution is -0.167. The Bertz CT molecular complexity index is 1180. The molecule has 0 heterocycles. The van der Waals surface area contributed by atoms with Crippen LogP contribution in [0, 0.1) is 0 Å². The summed E-state index contributed by atoms with van der Waals surface area (Å²) in [6, 6.07) is 0. The van der Waals surface area contributed by atoms with Crippen LogP contribution >= 0.6 is 0 Å². The van der Waals surface area contributed by atoms with Crippen LogP contribution in [-0.2, 0) is 28.6 Å². The van der Waals surface area contributed by atoms with E-state index in [1.165, 1.54) is 270 Å². The lowest BCUT2D eigenvalue weighted by Gasteiger charge is -2.18. The van der Waals surface area contributed by atoms with Crippen molar-refractivity contribution in [3.05, 3.63) is 24.3 Å². The molecule has 0 bridgehead atoms. The molecule has 0 saturated heterocycles. The normalized spacial score (nSPS) is 12.1. The Morgan fingerprint density at radius 1 is 0.260 bits per heavy atom. The fourth-order valence-corrected chi connectivity index (χ4v) is 9.97. The number of unbranched alkanes of at least 4 members (excludes halogenated alkanes) is 46. The summed E-state index contributed by atoms with van der Waals surface area (Å²) in [5, 5.41) is 0. The van der Waals surface area contributed by atoms with E-state index >= 15 is 0 Å². The smallest absolute Gasteiger partial charge is 0.306 e. The second kappa shape index (κ2) is 62.4. The highest BCUT2D eigenvalue weighted by Gasteiger charge is 2.19. The first-order valence-electron chi connectivity index (χ1n) is 32.8. The molecule has 73 heavy (non-hydrogen) atoms. The van der Waals surface area contributed by atoms with Gasteiger partial charge in [-0.05, 0) is 70.6 Å². The molecule has 430 valence electrons. The summed E-state index contributed by atoms with van der Waals surface area (Å²) >= 11 is 0. The molecule has 0 amide bonds. The molecule has 0 aliphatic rings. The molecule has 6 nitrogen and oxygen atoms in total. The van der Waals surface area contributed by atoms with Crippen molar-refractivity contribution in [3.8, 4) is 0 Å². The van der Waals surface area contributed by atoms with E-state index in [0.29, 0.717) is 19.3 Å². The summed E-state index contributed by atoms with van der Waals surface area (Å²) in [5.74, 6) is -0.849. The first-order valence-corrected chi connectivity index (χ1v) is 32.8. The zero-order valence-corrected chi connectivity index (χ0v) is 49.4. The molecule has 1 atom stereocenters. The molecule has 0 N–H and O–H groups in total. The van der Waals surface area contributed by atoms with E-state index in [1.54, 1.807) is 0 Å². The molecule has 6 heteroatoms. The van der Waals surface area contributed by atoms with Gasteiger partial charge in [0.05, 0.1) is 0 Å². The second-order valence-corrected chi connectivity index (χ2v) is 22.4. The Labute approximate surface area is 455 Å². The van der Waals surface area contributed by atoms with Crippen LogP contribution in [0.2, 0.25) is 0 Å². The third kappa shape index (κ3) is 60.6. The second-order valence-electron chi connectivity index (χ2n) is 22.4. The van der Waals surface area contributed by atoms with Gasteiger partial charge < -0.3 is 14.2 Å². The Kier molecular flexibility index (Phi) is 60.6. The minimum atomic E-state index is -0.769. The van der Waals surface area contributed by atoms with E-state index in [1.807, 2.05) is 0 Å². The Morgan fingerprint density at radius 2 is 0.452 bits per heavy atom. The fraction of sp³-hybridized carbons (Fsp3) is 0.896. The van der Waals surface area contributed by atoms with E-state index < -0.39 is 6.10 Å². The number of hydrogen-bond donors (Lipinski definition) is 0. The summed E-state index contributed by atoms with van der Waals surface area (Å²) < 4.78 is 16.9. The van der Waals surface area contributed by atoms with Crippen molar-refractivity contribution in [3.63, 3.8) is 0 Å². The monoisotopic (exact) mass is 1030 g/mol. The number of carbonyl (C=O) groups is 3. The van der Waals surface area contributed by atoms with E-state index in [2.05, 4.69) is 45.1 Å². The van der Waals surface area contributed by atoms with Crippen molar-refractivity contribution in [1.82, 2.24) is 0 Å². The third-order valence-electron chi connectivity index (χ3n) is 14.9. The molecular formula is C67H126O6. The standard InChI is InChI=1S/C67H126O6/c1-4-7-10-13-16-19-22-24-26-28-30-31-32-33-34-35-36-37-38-40-41-43-45-48-51-54-57-60-66(69)72-63-64(62-71-65(68)59-56-53-50-47-21-18-15-12-9-6-3)73-67(70)61-58-55-52-49-46-44-42-39-29-27-25-23-20-17-14-11-8-5-2/h27-30,64H,4-26,31-63H2,1-3H3/b29-27-,30-28-. The molecule has 0 aliphatic heterocycles. The van der Waals surface area contributed by atoms with Crippen LogP contribution in [0.5, 0.6) is 0 Å². The number of rotatable bonds is 61. The highest BCUT2D eigenvalue weighted by molar-refractivity contribution is 5.71. The molecule has 0 aliphatic carbocycles. The maximum Gasteiger partial charge on any atom is 0.306 e.